The molecule has 0 atom stereocenters. The molecule has 0 saturated heterocycles. The Morgan fingerprint density at radius 2 is 0.825 bits per heavy atom. The first-order valence-corrected chi connectivity index (χ1v) is 16.4. The maximum absolute atomic E-state index is 3.06. The van der Waals surface area contributed by atoms with Crippen molar-refractivity contribution in [3.05, 3.63) is 146 Å². The standard InChI is InChI=1S/2C17H15.2CH3.2ClH.Si.Zr/c2*1-12-8-15-9-13(2)11-17(15)16(10-12)14-6-4-3-5-7-14;;;;;;/h2*3-11H,1-2H3;2*1H3;2*1H;;/q4*-1;;;;. The first kappa shape index (κ1) is 37.8. The SMILES string of the molecule is Cc1cc(-c2ccccc2)c2cc(C)[cH-]c2c1.Cc1cc(-c2ccccc2)c2cc(C)[cH-]c2c1.Cl.Cl.[CH3-].[CH3-].[Si]=[Zr]. The third kappa shape index (κ3) is 8.89. The molecule has 0 aromatic heterocycles. The molecule has 0 saturated carbocycles. The van der Waals surface area contributed by atoms with Crippen molar-refractivity contribution in [1.82, 2.24) is 0 Å². The molecule has 0 amide bonds. The molecule has 0 unspecified atom stereocenters. The van der Waals surface area contributed by atoms with E-state index in [4.69, 9.17) is 0 Å². The number of hydrogen-bond donors (Lipinski definition) is 0. The van der Waals surface area contributed by atoms with Crippen LogP contribution in [0.5, 0.6) is 0 Å². The van der Waals surface area contributed by atoms with E-state index in [9.17, 15) is 0 Å². The zero-order chi connectivity index (χ0) is 25.7. The zero-order valence-corrected chi connectivity index (χ0v) is 29.3. The van der Waals surface area contributed by atoms with Gasteiger partial charge < -0.3 is 14.9 Å². The van der Waals surface area contributed by atoms with Crippen molar-refractivity contribution in [2.45, 2.75) is 27.7 Å². The van der Waals surface area contributed by atoms with Crippen LogP contribution in [-0.4, -0.2) is 6.88 Å². The van der Waals surface area contributed by atoms with Gasteiger partial charge in [-0.25, -0.2) is 0 Å². The van der Waals surface area contributed by atoms with Crippen LogP contribution in [0.1, 0.15) is 22.3 Å². The van der Waals surface area contributed by atoms with Gasteiger partial charge in [-0.1, -0.05) is 109 Å². The van der Waals surface area contributed by atoms with Crippen molar-refractivity contribution in [3.8, 4) is 22.3 Å². The summed E-state index contributed by atoms with van der Waals surface area (Å²) in [6, 6.07) is 39.4. The van der Waals surface area contributed by atoms with E-state index in [0.29, 0.717) is 0 Å². The van der Waals surface area contributed by atoms with E-state index in [1.807, 2.05) is 0 Å². The molecule has 0 nitrogen and oxygen atoms in total. The summed E-state index contributed by atoms with van der Waals surface area (Å²) in [4.78, 5) is 0. The fraction of sp³-hybridized carbons (Fsp3) is 0.111. The molecule has 0 aliphatic heterocycles. The van der Waals surface area contributed by atoms with Gasteiger partial charge in [0.1, 0.15) is 0 Å². The molecule has 0 fully saturated rings. The van der Waals surface area contributed by atoms with Gasteiger partial charge >= 0.3 is 30.2 Å². The van der Waals surface area contributed by atoms with Gasteiger partial charge in [0.2, 0.25) is 0 Å². The van der Waals surface area contributed by atoms with Gasteiger partial charge in [0.15, 0.2) is 0 Å². The van der Waals surface area contributed by atoms with Crippen molar-refractivity contribution >= 4 is 53.2 Å². The van der Waals surface area contributed by atoms with Gasteiger partial charge in [-0.3, -0.25) is 0 Å². The molecular weight excluding hydrogens is 623 g/mol. The number of rotatable bonds is 2. The Labute approximate surface area is 271 Å². The van der Waals surface area contributed by atoms with Gasteiger partial charge in [0.05, 0.1) is 0 Å². The fourth-order valence-corrected chi connectivity index (χ4v) is 4.95. The van der Waals surface area contributed by atoms with Crippen LogP contribution >= 0.6 is 24.8 Å². The topological polar surface area (TPSA) is 0 Å². The summed E-state index contributed by atoms with van der Waals surface area (Å²) < 4.78 is 0. The summed E-state index contributed by atoms with van der Waals surface area (Å²) in [6.07, 6.45) is 0. The average Bonchev–Trinajstić information content (AvgIpc) is 3.46. The van der Waals surface area contributed by atoms with Crippen LogP contribution < -0.4 is 0 Å². The predicted molar refractivity (Wildman–Crippen MR) is 182 cm³/mol. The molecule has 0 spiro atoms. The Kier molecular flexibility index (Phi) is 16.6. The number of aryl methyl sites for hydroxylation is 4. The summed E-state index contributed by atoms with van der Waals surface area (Å²) in [7, 11) is 0. The molecular formula is C36H38Cl2SiZr-4. The molecule has 4 heteroatoms. The molecule has 2 radical (unpaired) electrons. The maximum atomic E-state index is 3.06. The van der Waals surface area contributed by atoms with Crippen LogP contribution in [-0.2, 0) is 23.3 Å². The van der Waals surface area contributed by atoms with Gasteiger partial charge in [-0.05, 0) is 25.0 Å². The summed E-state index contributed by atoms with van der Waals surface area (Å²) in [5, 5.41) is 5.42. The molecule has 6 aromatic rings. The molecule has 6 rings (SSSR count). The molecule has 0 N–H and O–H groups in total. The predicted octanol–water partition coefficient (Wildman–Crippen LogP) is 11.0. The van der Waals surface area contributed by atoms with Crippen LogP contribution in [0.25, 0.3) is 43.8 Å². The second-order valence-electron chi connectivity index (χ2n) is 9.43. The van der Waals surface area contributed by atoms with Crippen LogP contribution in [0.15, 0.2) is 109 Å². The molecule has 0 aliphatic carbocycles. The summed E-state index contributed by atoms with van der Waals surface area (Å²) >= 11 is 1.36. The van der Waals surface area contributed by atoms with Crippen molar-refractivity contribution in [3.63, 3.8) is 0 Å². The van der Waals surface area contributed by atoms with Crippen LogP contribution in [0.3, 0.4) is 0 Å². The van der Waals surface area contributed by atoms with Crippen LogP contribution in [0.4, 0.5) is 0 Å². The third-order valence-corrected chi connectivity index (χ3v) is 6.39. The second kappa shape index (κ2) is 17.6. The van der Waals surface area contributed by atoms with Crippen molar-refractivity contribution in [1.29, 1.82) is 0 Å². The first-order valence-electron chi connectivity index (χ1n) is 12.2. The third-order valence-electron chi connectivity index (χ3n) is 6.39. The number of fused-ring (bicyclic) bond motifs is 2. The second-order valence-corrected chi connectivity index (χ2v) is 9.43. The van der Waals surface area contributed by atoms with E-state index < -0.39 is 0 Å². The van der Waals surface area contributed by atoms with Crippen molar-refractivity contribution in [2.24, 2.45) is 0 Å². The monoisotopic (exact) mass is 658 g/mol. The molecule has 40 heavy (non-hydrogen) atoms. The average molecular weight is 661 g/mol. The van der Waals surface area contributed by atoms with E-state index >= 15 is 0 Å². The van der Waals surface area contributed by atoms with Gasteiger partial charge in [0.25, 0.3) is 0 Å². The van der Waals surface area contributed by atoms with E-state index in [0.717, 1.165) is 0 Å². The molecule has 208 valence electrons. The fourth-order valence-electron chi connectivity index (χ4n) is 4.95. The van der Waals surface area contributed by atoms with Gasteiger partial charge in [0, 0.05) is 0 Å². The minimum atomic E-state index is 0. The quantitative estimate of drug-likeness (QED) is 0.128. The van der Waals surface area contributed by atoms with Gasteiger partial charge in [-0.2, -0.15) is 12.1 Å². The molecule has 0 aliphatic rings. The summed E-state index contributed by atoms with van der Waals surface area (Å²) in [6.45, 7) is 11.7. The summed E-state index contributed by atoms with van der Waals surface area (Å²) in [5.41, 5.74) is 10.6. The zero-order valence-electron chi connectivity index (χ0n) is 24.2. The van der Waals surface area contributed by atoms with E-state index in [1.54, 1.807) is 0 Å². The Morgan fingerprint density at radius 3 is 1.15 bits per heavy atom. The Bertz CT molecular complexity index is 1480. The number of hydrogen-bond acceptors (Lipinski definition) is 0. The normalized spacial score (nSPS) is 9.38. The summed E-state index contributed by atoms with van der Waals surface area (Å²) in [5.74, 6) is 0. The Morgan fingerprint density at radius 1 is 0.500 bits per heavy atom. The van der Waals surface area contributed by atoms with Gasteiger partial charge in [-0.15, -0.1) is 81.8 Å². The van der Waals surface area contributed by atoms with E-state index in [2.05, 4.69) is 144 Å². The molecule has 0 heterocycles. The van der Waals surface area contributed by atoms with Crippen molar-refractivity contribution < 1.29 is 23.3 Å². The first-order chi connectivity index (χ1) is 17.5. The van der Waals surface area contributed by atoms with Crippen LogP contribution in [0.2, 0.25) is 0 Å². The Balaban J connectivity index is 0.000000655. The minimum absolute atomic E-state index is 0. The number of benzene rings is 4. The molecule has 6 aromatic carbocycles. The van der Waals surface area contributed by atoms with E-state index in [-0.39, 0.29) is 39.7 Å². The molecule has 0 bridgehead atoms. The van der Waals surface area contributed by atoms with E-state index in [1.165, 1.54) is 89.4 Å². The van der Waals surface area contributed by atoms with Crippen LogP contribution in [0, 0.1) is 42.5 Å². The Hall–Kier alpha value is -2.22. The van der Waals surface area contributed by atoms with Crippen molar-refractivity contribution in [2.75, 3.05) is 0 Å². The number of halogens is 2.